The average molecular weight is 257 g/mol. The third kappa shape index (κ3) is 3.22. The maximum Gasteiger partial charge on any atom is 0.224 e. The van der Waals surface area contributed by atoms with Crippen LogP contribution >= 0.6 is 0 Å². The molecule has 0 aliphatic rings. The van der Waals surface area contributed by atoms with E-state index < -0.39 is 0 Å². The SMILES string of the molecule is CCC(C)(C)c1ccc(Oc2cc(N)ncn2)cc1. The van der Waals surface area contributed by atoms with Gasteiger partial charge in [0.05, 0.1) is 0 Å². The highest BCUT2D eigenvalue weighted by molar-refractivity contribution is 5.36. The summed E-state index contributed by atoms with van der Waals surface area (Å²) in [4.78, 5) is 7.83. The normalized spacial score (nSPS) is 11.3. The van der Waals surface area contributed by atoms with Gasteiger partial charge in [-0.1, -0.05) is 32.9 Å². The van der Waals surface area contributed by atoms with Gasteiger partial charge in [0.15, 0.2) is 0 Å². The Labute approximate surface area is 113 Å². The number of hydrogen-bond donors (Lipinski definition) is 1. The largest absolute Gasteiger partial charge is 0.439 e. The number of nitrogen functional groups attached to an aromatic ring is 1. The molecule has 0 saturated heterocycles. The van der Waals surface area contributed by atoms with Crippen molar-refractivity contribution in [2.45, 2.75) is 32.6 Å². The fourth-order valence-electron chi connectivity index (χ4n) is 1.71. The van der Waals surface area contributed by atoms with Gasteiger partial charge in [-0.15, -0.1) is 0 Å². The predicted molar refractivity (Wildman–Crippen MR) is 76.3 cm³/mol. The van der Waals surface area contributed by atoms with E-state index in [-0.39, 0.29) is 5.41 Å². The quantitative estimate of drug-likeness (QED) is 0.910. The lowest BCUT2D eigenvalue weighted by Crippen LogP contribution is -2.14. The van der Waals surface area contributed by atoms with Crippen LogP contribution in [0.3, 0.4) is 0 Å². The molecule has 0 radical (unpaired) electrons. The van der Waals surface area contributed by atoms with Crippen molar-refractivity contribution in [1.82, 2.24) is 9.97 Å². The third-order valence-electron chi connectivity index (χ3n) is 3.41. The molecule has 0 atom stereocenters. The smallest absolute Gasteiger partial charge is 0.224 e. The minimum absolute atomic E-state index is 0.178. The number of ether oxygens (including phenoxy) is 1. The van der Waals surface area contributed by atoms with Gasteiger partial charge in [0, 0.05) is 6.07 Å². The molecule has 19 heavy (non-hydrogen) atoms. The maximum atomic E-state index is 5.63. The van der Waals surface area contributed by atoms with Gasteiger partial charge in [-0.2, -0.15) is 0 Å². The van der Waals surface area contributed by atoms with Gasteiger partial charge in [0.25, 0.3) is 0 Å². The lowest BCUT2D eigenvalue weighted by Gasteiger charge is -2.23. The summed E-state index contributed by atoms with van der Waals surface area (Å²) in [6.45, 7) is 6.65. The van der Waals surface area contributed by atoms with Gasteiger partial charge in [0.2, 0.25) is 5.88 Å². The molecular formula is C15H19N3O. The van der Waals surface area contributed by atoms with Crippen LogP contribution in [0, 0.1) is 0 Å². The van der Waals surface area contributed by atoms with Gasteiger partial charge in [-0.3, -0.25) is 0 Å². The van der Waals surface area contributed by atoms with Crippen molar-refractivity contribution >= 4 is 5.82 Å². The molecule has 0 fully saturated rings. The minimum atomic E-state index is 0.178. The monoisotopic (exact) mass is 257 g/mol. The van der Waals surface area contributed by atoms with Gasteiger partial charge in [0.1, 0.15) is 17.9 Å². The van der Waals surface area contributed by atoms with Crippen molar-refractivity contribution in [3.8, 4) is 11.6 Å². The topological polar surface area (TPSA) is 61.0 Å². The molecule has 1 heterocycles. The molecule has 0 aliphatic heterocycles. The molecule has 0 spiro atoms. The van der Waals surface area contributed by atoms with Crippen LogP contribution in [0.15, 0.2) is 36.7 Å². The highest BCUT2D eigenvalue weighted by Crippen LogP contribution is 2.29. The highest BCUT2D eigenvalue weighted by atomic mass is 16.5. The first-order valence-corrected chi connectivity index (χ1v) is 6.37. The Bertz CT molecular complexity index is 550. The Kier molecular flexibility index (Phi) is 3.69. The number of rotatable bonds is 4. The number of benzene rings is 1. The molecule has 4 nitrogen and oxygen atoms in total. The molecule has 4 heteroatoms. The Hall–Kier alpha value is -2.10. The highest BCUT2D eigenvalue weighted by Gasteiger charge is 2.17. The van der Waals surface area contributed by atoms with Crippen LogP contribution < -0.4 is 10.5 Å². The maximum absolute atomic E-state index is 5.63. The van der Waals surface area contributed by atoms with Gasteiger partial charge in [-0.05, 0) is 29.5 Å². The summed E-state index contributed by atoms with van der Waals surface area (Å²) in [7, 11) is 0. The van der Waals surface area contributed by atoms with Crippen molar-refractivity contribution < 1.29 is 4.74 Å². The molecule has 0 saturated carbocycles. The predicted octanol–water partition coefficient (Wildman–Crippen LogP) is 3.54. The Balaban J connectivity index is 2.15. The molecule has 100 valence electrons. The molecule has 1 aromatic carbocycles. The van der Waals surface area contributed by atoms with Crippen molar-refractivity contribution in [3.05, 3.63) is 42.2 Å². The second-order valence-electron chi connectivity index (χ2n) is 5.14. The second-order valence-corrected chi connectivity index (χ2v) is 5.14. The van der Waals surface area contributed by atoms with E-state index >= 15 is 0 Å². The zero-order chi connectivity index (χ0) is 13.9. The Morgan fingerprint density at radius 2 is 1.84 bits per heavy atom. The summed E-state index contributed by atoms with van der Waals surface area (Å²) in [5, 5.41) is 0. The summed E-state index contributed by atoms with van der Waals surface area (Å²) in [5.41, 5.74) is 7.05. The third-order valence-corrected chi connectivity index (χ3v) is 3.41. The van der Waals surface area contributed by atoms with Gasteiger partial charge >= 0.3 is 0 Å². The molecule has 0 amide bonds. The van der Waals surface area contributed by atoms with Crippen molar-refractivity contribution in [3.63, 3.8) is 0 Å². The first kappa shape index (κ1) is 13.3. The second kappa shape index (κ2) is 5.26. The fourth-order valence-corrected chi connectivity index (χ4v) is 1.71. The molecular weight excluding hydrogens is 238 g/mol. The van der Waals surface area contributed by atoms with Crippen LogP contribution in [0.25, 0.3) is 0 Å². The van der Waals surface area contributed by atoms with E-state index in [1.165, 1.54) is 11.9 Å². The van der Waals surface area contributed by atoms with Crippen LogP contribution in [0.1, 0.15) is 32.8 Å². The van der Waals surface area contributed by atoms with E-state index in [0.29, 0.717) is 11.7 Å². The fraction of sp³-hybridized carbons (Fsp3) is 0.333. The lowest BCUT2D eigenvalue weighted by molar-refractivity contribution is 0.459. The van der Waals surface area contributed by atoms with Gasteiger partial charge < -0.3 is 10.5 Å². The summed E-state index contributed by atoms with van der Waals surface area (Å²) < 4.78 is 5.63. The zero-order valence-electron chi connectivity index (χ0n) is 11.6. The van der Waals surface area contributed by atoms with Crippen molar-refractivity contribution in [2.24, 2.45) is 0 Å². The first-order valence-electron chi connectivity index (χ1n) is 6.37. The molecule has 0 unspecified atom stereocenters. The zero-order valence-corrected chi connectivity index (χ0v) is 11.6. The van der Waals surface area contributed by atoms with E-state index in [0.717, 1.165) is 12.2 Å². The number of aromatic nitrogens is 2. The standard InChI is InChI=1S/C15H19N3O/c1-4-15(2,3)11-5-7-12(8-6-11)19-14-9-13(16)17-10-18-14/h5-10H,4H2,1-3H3,(H2,16,17,18). The van der Waals surface area contributed by atoms with Crippen LogP contribution in [-0.4, -0.2) is 9.97 Å². The summed E-state index contributed by atoms with van der Waals surface area (Å²) in [5.74, 6) is 1.59. The lowest BCUT2D eigenvalue weighted by atomic mass is 9.82. The number of anilines is 1. The van der Waals surface area contributed by atoms with Crippen LogP contribution in [0.2, 0.25) is 0 Å². The number of nitrogens with two attached hydrogens (primary N) is 1. The Morgan fingerprint density at radius 1 is 1.16 bits per heavy atom. The molecule has 0 bridgehead atoms. The summed E-state index contributed by atoms with van der Waals surface area (Å²) >= 11 is 0. The summed E-state index contributed by atoms with van der Waals surface area (Å²) in [6.07, 6.45) is 2.48. The average Bonchev–Trinajstić information content (AvgIpc) is 2.39. The molecule has 0 aliphatic carbocycles. The molecule has 2 aromatic rings. The van der Waals surface area contributed by atoms with E-state index in [1.54, 1.807) is 6.07 Å². The van der Waals surface area contributed by atoms with Gasteiger partial charge in [-0.25, -0.2) is 9.97 Å². The van der Waals surface area contributed by atoms with Crippen LogP contribution in [0.5, 0.6) is 11.6 Å². The van der Waals surface area contributed by atoms with E-state index in [2.05, 4.69) is 42.9 Å². The molecule has 2 N–H and O–H groups in total. The minimum Gasteiger partial charge on any atom is -0.439 e. The van der Waals surface area contributed by atoms with E-state index in [4.69, 9.17) is 10.5 Å². The van der Waals surface area contributed by atoms with Crippen LogP contribution in [0.4, 0.5) is 5.82 Å². The summed E-state index contributed by atoms with van der Waals surface area (Å²) in [6, 6.07) is 9.67. The first-order chi connectivity index (χ1) is 9.01. The number of hydrogen-bond acceptors (Lipinski definition) is 4. The van der Waals surface area contributed by atoms with E-state index in [9.17, 15) is 0 Å². The van der Waals surface area contributed by atoms with Crippen molar-refractivity contribution in [1.29, 1.82) is 0 Å². The molecule has 1 aromatic heterocycles. The number of nitrogens with zero attached hydrogens (tertiary/aromatic N) is 2. The Morgan fingerprint density at radius 3 is 2.42 bits per heavy atom. The van der Waals surface area contributed by atoms with Crippen LogP contribution in [-0.2, 0) is 5.41 Å². The molecule has 2 rings (SSSR count). The van der Waals surface area contributed by atoms with Crippen molar-refractivity contribution in [2.75, 3.05) is 5.73 Å². The van der Waals surface area contributed by atoms with E-state index in [1.807, 2.05) is 12.1 Å².